The summed E-state index contributed by atoms with van der Waals surface area (Å²) in [5.74, 6) is -1.73. The highest BCUT2D eigenvalue weighted by Gasteiger charge is 2.31. The number of hydrogen-bond donors (Lipinski definition) is 5. The Labute approximate surface area is 299 Å². The van der Waals surface area contributed by atoms with Crippen molar-refractivity contribution in [3.63, 3.8) is 0 Å². The van der Waals surface area contributed by atoms with Crippen LogP contribution in [0.4, 0.5) is 11.4 Å². The number of hydrogen-bond acceptors (Lipinski definition) is 9. The number of aromatic hydroxyl groups is 1. The molecule has 1 aromatic rings. The van der Waals surface area contributed by atoms with Gasteiger partial charge in [-0.2, -0.15) is 0 Å². The minimum Gasteiger partial charge on any atom is -0.505 e. The molecule has 5 atom stereocenters. The van der Waals surface area contributed by atoms with Gasteiger partial charge in [0.2, 0.25) is 17.7 Å². The predicted octanol–water partition coefficient (Wildman–Crippen LogP) is 5.73. The number of thioether (sulfide) groups is 1. The molecule has 4 rings (SSSR count). The molecule has 1 aliphatic carbocycles. The van der Waals surface area contributed by atoms with Gasteiger partial charge in [0.05, 0.1) is 40.7 Å². The Balaban J connectivity index is 1.57. The van der Waals surface area contributed by atoms with E-state index in [9.17, 15) is 29.4 Å². The van der Waals surface area contributed by atoms with E-state index in [2.05, 4.69) is 16.0 Å². The lowest BCUT2D eigenvalue weighted by Crippen LogP contribution is -2.45. The molecule has 1 aromatic carbocycles. The zero-order chi connectivity index (χ0) is 36.2. The fourth-order valence-electron chi connectivity index (χ4n) is 6.37. The van der Waals surface area contributed by atoms with Crippen molar-refractivity contribution in [3.8, 4) is 5.75 Å². The summed E-state index contributed by atoms with van der Waals surface area (Å²) in [7, 11) is 1.51. The second-order valence-corrected chi connectivity index (χ2v) is 14.2. The van der Waals surface area contributed by atoms with Crippen LogP contribution in [0, 0.1) is 11.8 Å². The fraction of sp³-hybridized carbons (Fsp3) is 0.526. The first-order valence-corrected chi connectivity index (χ1v) is 18.5. The zero-order valence-corrected chi connectivity index (χ0v) is 30.2. The number of ether oxygens (including phenoxy) is 2. The van der Waals surface area contributed by atoms with Crippen LogP contribution < -0.4 is 16.0 Å². The van der Waals surface area contributed by atoms with Crippen molar-refractivity contribution in [3.05, 3.63) is 59.7 Å². The van der Waals surface area contributed by atoms with E-state index in [0.717, 1.165) is 32.1 Å². The summed E-state index contributed by atoms with van der Waals surface area (Å²) in [5, 5.41) is 31.2. The molecule has 2 heterocycles. The summed E-state index contributed by atoms with van der Waals surface area (Å²) in [6.07, 6.45) is 16.3. The number of fused-ring (bicyclic) bond motifs is 4. The Morgan fingerprint density at radius 3 is 2.54 bits per heavy atom. The average molecular weight is 710 g/mol. The largest absolute Gasteiger partial charge is 0.505 e. The minimum atomic E-state index is -0.949. The molecule has 0 aromatic heterocycles. The molecule has 11 nitrogen and oxygen atoms in total. The number of aliphatic hydroxyl groups is 1. The van der Waals surface area contributed by atoms with Crippen molar-refractivity contribution in [1.29, 1.82) is 0 Å². The van der Waals surface area contributed by atoms with Gasteiger partial charge in [-0.15, -0.1) is 11.8 Å². The van der Waals surface area contributed by atoms with Gasteiger partial charge in [-0.1, -0.05) is 68.7 Å². The van der Waals surface area contributed by atoms with Gasteiger partial charge in [0.15, 0.2) is 0 Å². The summed E-state index contributed by atoms with van der Waals surface area (Å²) in [6, 6.07) is 0.877. The maximum Gasteiger partial charge on any atom is 0.328 e. The van der Waals surface area contributed by atoms with Gasteiger partial charge in [-0.05, 0) is 56.7 Å². The first-order chi connectivity index (χ1) is 24.0. The monoisotopic (exact) mass is 709 g/mol. The molecule has 3 aliphatic rings. The van der Waals surface area contributed by atoms with E-state index < -0.39 is 36.2 Å². The number of anilines is 2. The van der Waals surface area contributed by atoms with Gasteiger partial charge in [-0.25, -0.2) is 4.79 Å². The molecule has 5 unspecified atom stereocenters. The molecular weight excluding hydrogens is 658 g/mol. The molecule has 1 fully saturated rings. The Kier molecular flexibility index (Phi) is 14.7. The molecule has 2 bridgehead atoms. The normalized spacial score (nSPS) is 27.2. The number of carbonyl (C=O) groups is 4. The molecule has 0 radical (unpaired) electrons. The molecule has 2 aliphatic heterocycles. The van der Waals surface area contributed by atoms with Crippen LogP contribution in [0.5, 0.6) is 5.75 Å². The van der Waals surface area contributed by atoms with Gasteiger partial charge in [0, 0.05) is 25.4 Å². The Bertz CT molecular complexity index is 1510. The number of amides is 3. The lowest BCUT2D eigenvalue weighted by Gasteiger charge is -2.29. The molecule has 0 saturated heterocycles. The molecule has 12 heteroatoms. The van der Waals surface area contributed by atoms with Crippen LogP contribution in [0.3, 0.4) is 0 Å². The van der Waals surface area contributed by atoms with Crippen molar-refractivity contribution in [2.24, 2.45) is 11.8 Å². The quantitative estimate of drug-likeness (QED) is 0.111. The molecule has 5 N–H and O–H groups in total. The third-order valence-electron chi connectivity index (χ3n) is 9.46. The second-order valence-electron chi connectivity index (χ2n) is 13.3. The fourth-order valence-corrected chi connectivity index (χ4v) is 7.27. The van der Waals surface area contributed by atoms with Crippen LogP contribution in [-0.2, 0) is 35.1 Å². The third-order valence-corrected chi connectivity index (χ3v) is 10.6. The summed E-state index contributed by atoms with van der Waals surface area (Å²) in [5.41, 5.74) is 1.94. The van der Waals surface area contributed by atoms with Crippen LogP contribution in [0.25, 0.3) is 0 Å². The number of aliphatic hydroxyl groups excluding tert-OH is 1. The maximum absolute atomic E-state index is 13.2. The highest BCUT2D eigenvalue weighted by atomic mass is 32.2. The molecule has 0 spiro atoms. The van der Waals surface area contributed by atoms with Gasteiger partial charge >= 0.3 is 5.97 Å². The Hall–Kier alpha value is -3.87. The van der Waals surface area contributed by atoms with Gasteiger partial charge < -0.3 is 35.6 Å². The number of methoxy groups -OCH3 is 1. The number of carbonyl (C=O) groups excluding carboxylic acids is 4. The van der Waals surface area contributed by atoms with Crippen molar-refractivity contribution in [2.75, 3.05) is 23.5 Å². The van der Waals surface area contributed by atoms with E-state index in [1.54, 1.807) is 44.2 Å². The summed E-state index contributed by atoms with van der Waals surface area (Å²) < 4.78 is 11.4. The van der Waals surface area contributed by atoms with Gasteiger partial charge in [0.25, 0.3) is 0 Å². The molecular formula is C38H51N3O8S. The molecule has 272 valence electrons. The van der Waals surface area contributed by atoms with Gasteiger partial charge in [-0.3, -0.25) is 14.4 Å². The lowest BCUT2D eigenvalue weighted by molar-refractivity contribution is -0.156. The number of nitrogens with one attached hydrogen (secondary N) is 3. The van der Waals surface area contributed by atoms with E-state index in [4.69, 9.17) is 9.47 Å². The maximum atomic E-state index is 13.2. The summed E-state index contributed by atoms with van der Waals surface area (Å²) in [6.45, 7) is 5.24. The Morgan fingerprint density at radius 2 is 1.80 bits per heavy atom. The Morgan fingerprint density at radius 1 is 1.06 bits per heavy atom. The van der Waals surface area contributed by atoms with E-state index in [-0.39, 0.29) is 47.3 Å². The number of rotatable bonds is 5. The predicted molar refractivity (Wildman–Crippen MR) is 195 cm³/mol. The first kappa shape index (κ1) is 38.9. The van der Waals surface area contributed by atoms with Crippen LogP contribution in [-0.4, -0.2) is 71.1 Å². The van der Waals surface area contributed by atoms with Crippen LogP contribution in [0.1, 0.15) is 77.7 Å². The first-order valence-electron chi connectivity index (χ1n) is 17.5. The summed E-state index contributed by atoms with van der Waals surface area (Å²) in [4.78, 5) is 51.9. The van der Waals surface area contributed by atoms with Crippen LogP contribution in [0.15, 0.2) is 59.1 Å². The van der Waals surface area contributed by atoms with E-state index in [1.807, 2.05) is 25.2 Å². The SMILES string of the molecule is COC1C=C/C=C/C=C/CC(OC(=O)C(C)NC(=O)C2CCCCC2)C(C)C(O)/C(C)=C\CCc2cc3c(c(c2O)NC(=O)C1)SCC(=O)N3. The standard InChI is InChI=1S/C38H51N3O8S/c1-23-14-13-17-27-20-29-36(50-22-32(43)40-29)33(35(27)45)41-31(42)21-28(48-4)18-11-6-5-7-12-19-30(24(2)34(23)44)49-38(47)25(3)39-37(46)26-15-9-8-10-16-26/h5-7,11-12,14,18,20,24-26,28,30,34,44-45H,8-10,13,15-17,19,21-22H2,1-4H3,(H,39,46)(H,40,43)(H,41,42)/b6-5+,12-7+,18-11?,23-14-. The number of phenolic OH excluding ortho intramolecular Hbond substituents is 1. The van der Waals surface area contributed by atoms with Crippen LogP contribution >= 0.6 is 11.8 Å². The number of aryl methyl sites for hydroxylation is 1. The van der Waals surface area contributed by atoms with E-state index >= 15 is 0 Å². The number of benzene rings is 1. The molecule has 1 saturated carbocycles. The minimum absolute atomic E-state index is 0.00354. The highest BCUT2D eigenvalue weighted by molar-refractivity contribution is 8.00. The van der Waals surface area contributed by atoms with E-state index in [1.165, 1.54) is 18.9 Å². The topological polar surface area (TPSA) is 163 Å². The van der Waals surface area contributed by atoms with E-state index in [0.29, 0.717) is 41.0 Å². The lowest BCUT2D eigenvalue weighted by atomic mass is 9.88. The third kappa shape index (κ3) is 10.8. The molecule has 50 heavy (non-hydrogen) atoms. The molecule has 3 amide bonds. The number of esters is 1. The van der Waals surface area contributed by atoms with Crippen molar-refractivity contribution in [1.82, 2.24) is 5.32 Å². The van der Waals surface area contributed by atoms with Crippen LogP contribution in [0.2, 0.25) is 0 Å². The van der Waals surface area contributed by atoms with Gasteiger partial charge in [0.1, 0.15) is 17.9 Å². The van der Waals surface area contributed by atoms with Crippen molar-refractivity contribution >= 4 is 46.8 Å². The second kappa shape index (κ2) is 18.9. The highest BCUT2D eigenvalue weighted by Crippen LogP contribution is 2.45. The van der Waals surface area contributed by atoms with Crippen molar-refractivity contribution in [2.45, 2.75) is 108 Å². The number of allylic oxidation sites excluding steroid dienone is 5. The average Bonchev–Trinajstić information content (AvgIpc) is 3.10. The zero-order valence-electron chi connectivity index (χ0n) is 29.4. The number of phenols is 1. The van der Waals surface area contributed by atoms with Crippen molar-refractivity contribution < 1.29 is 38.9 Å². The smallest absolute Gasteiger partial charge is 0.328 e. The summed E-state index contributed by atoms with van der Waals surface area (Å²) >= 11 is 1.24.